The number of hydrogen-bond acceptors (Lipinski definition) is 9. The van der Waals surface area contributed by atoms with E-state index in [1.54, 1.807) is 13.3 Å². The number of rotatable bonds is 10. The molecule has 4 heterocycles. The monoisotopic (exact) mass is 531 g/mol. The van der Waals surface area contributed by atoms with Gasteiger partial charge in [-0.1, -0.05) is 11.3 Å². The zero-order valence-corrected chi connectivity index (χ0v) is 21.0. The molecule has 0 bridgehead atoms. The standard InChI is InChI=1S/C24H24F3N7O2S/c1-14-32-20-21(33(7-8-36-2)17-3-4-17)16(13-29-23(20)37-14)11-18(35)9-15-10-19(24(25,26)27)22(28-12-15)34-30-5-6-31-34/h5-6,10,12-13,17H,3-4,7-9,11H2,1-2H3. The van der Waals surface area contributed by atoms with Crippen molar-refractivity contribution in [3.05, 3.63) is 52.6 Å². The molecule has 0 spiro atoms. The Bertz CT molecular complexity index is 1420. The van der Waals surface area contributed by atoms with Crippen LogP contribution in [0.15, 0.2) is 30.9 Å². The second-order valence-electron chi connectivity index (χ2n) is 8.86. The first-order valence-electron chi connectivity index (χ1n) is 11.7. The molecule has 0 N–H and O–H groups in total. The van der Waals surface area contributed by atoms with Gasteiger partial charge in [0.15, 0.2) is 5.82 Å². The fraction of sp³-hybridized carbons (Fsp3) is 0.417. The molecule has 0 amide bonds. The van der Waals surface area contributed by atoms with Gasteiger partial charge in [0, 0.05) is 50.5 Å². The summed E-state index contributed by atoms with van der Waals surface area (Å²) in [7, 11) is 1.64. The van der Waals surface area contributed by atoms with Gasteiger partial charge < -0.3 is 9.64 Å². The number of pyridine rings is 2. The zero-order chi connectivity index (χ0) is 26.2. The lowest BCUT2D eigenvalue weighted by atomic mass is 10.0. The summed E-state index contributed by atoms with van der Waals surface area (Å²) in [6, 6.07) is 1.27. The number of aryl methyl sites for hydroxylation is 1. The van der Waals surface area contributed by atoms with E-state index in [1.165, 1.54) is 29.9 Å². The van der Waals surface area contributed by atoms with Gasteiger partial charge in [-0.2, -0.15) is 23.4 Å². The number of carbonyl (C=O) groups excluding carboxylic acids is 1. The molecule has 0 aromatic carbocycles. The molecular formula is C24H24F3N7O2S. The van der Waals surface area contributed by atoms with E-state index in [-0.39, 0.29) is 24.2 Å². The van der Waals surface area contributed by atoms with E-state index in [9.17, 15) is 18.0 Å². The molecule has 1 aliphatic rings. The first-order valence-corrected chi connectivity index (χ1v) is 12.5. The minimum Gasteiger partial charge on any atom is -0.383 e. The van der Waals surface area contributed by atoms with Crippen molar-refractivity contribution in [3.63, 3.8) is 0 Å². The Kier molecular flexibility index (Phi) is 6.90. The van der Waals surface area contributed by atoms with E-state index in [1.807, 2.05) is 6.92 Å². The summed E-state index contributed by atoms with van der Waals surface area (Å²) in [6.07, 6.45) is 2.65. The number of halogens is 3. The quantitative estimate of drug-likeness (QED) is 0.303. The normalized spacial score (nSPS) is 13.9. The number of Topliss-reactive ketones (excluding diaryl/α,β-unsaturated/α-hetero) is 1. The van der Waals surface area contributed by atoms with E-state index in [0.717, 1.165) is 44.7 Å². The van der Waals surface area contributed by atoms with Crippen molar-refractivity contribution in [2.24, 2.45) is 0 Å². The maximum absolute atomic E-state index is 13.8. The van der Waals surface area contributed by atoms with Crippen LogP contribution in [0, 0.1) is 6.92 Å². The van der Waals surface area contributed by atoms with Crippen molar-refractivity contribution in [2.75, 3.05) is 25.2 Å². The maximum Gasteiger partial charge on any atom is 0.420 e. The second-order valence-corrected chi connectivity index (χ2v) is 10.0. The highest BCUT2D eigenvalue weighted by Crippen LogP contribution is 2.39. The smallest absolute Gasteiger partial charge is 0.383 e. The average Bonchev–Trinajstić information content (AvgIpc) is 3.39. The SMILES string of the molecule is COCCN(c1c(CC(=O)Cc2cnc(-n3nccn3)c(C(F)(F)F)c2)cnc2sc(C)nc12)C1CC1. The molecule has 194 valence electrons. The Morgan fingerprint density at radius 3 is 2.62 bits per heavy atom. The Morgan fingerprint density at radius 2 is 1.95 bits per heavy atom. The number of ketones is 1. The molecule has 13 heteroatoms. The van der Waals surface area contributed by atoms with Crippen LogP contribution in [0.25, 0.3) is 16.2 Å². The maximum atomic E-state index is 13.8. The van der Waals surface area contributed by atoms with Crippen LogP contribution in [-0.4, -0.2) is 62.0 Å². The van der Waals surface area contributed by atoms with Crippen LogP contribution < -0.4 is 4.90 Å². The molecule has 0 unspecified atom stereocenters. The second kappa shape index (κ2) is 10.1. The van der Waals surface area contributed by atoms with E-state index >= 15 is 0 Å². The van der Waals surface area contributed by atoms with Gasteiger partial charge in [0.1, 0.15) is 21.7 Å². The number of aromatic nitrogens is 6. The van der Waals surface area contributed by atoms with Gasteiger partial charge in [-0.3, -0.25) is 4.79 Å². The van der Waals surface area contributed by atoms with Crippen LogP contribution in [0.1, 0.15) is 34.5 Å². The van der Waals surface area contributed by atoms with E-state index in [2.05, 4.69) is 30.0 Å². The molecule has 0 atom stereocenters. The highest BCUT2D eigenvalue weighted by Gasteiger charge is 2.36. The average molecular weight is 532 g/mol. The Balaban J connectivity index is 1.44. The number of ether oxygens (including phenoxy) is 1. The Labute approximate surface area is 214 Å². The molecule has 0 aliphatic heterocycles. The first kappa shape index (κ1) is 25.2. The van der Waals surface area contributed by atoms with Gasteiger partial charge in [-0.05, 0) is 31.4 Å². The van der Waals surface area contributed by atoms with Crippen LogP contribution in [0.4, 0.5) is 18.9 Å². The third kappa shape index (κ3) is 5.47. The van der Waals surface area contributed by atoms with Crippen LogP contribution in [0.2, 0.25) is 0 Å². The molecule has 4 aromatic heterocycles. The molecule has 37 heavy (non-hydrogen) atoms. The Morgan fingerprint density at radius 1 is 1.19 bits per heavy atom. The van der Waals surface area contributed by atoms with Gasteiger partial charge in [-0.25, -0.2) is 15.0 Å². The molecule has 0 saturated heterocycles. The van der Waals surface area contributed by atoms with Gasteiger partial charge in [0.25, 0.3) is 0 Å². The van der Waals surface area contributed by atoms with Crippen molar-refractivity contribution in [1.29, 1.82) is 0 Å². The number of hydrogen-bond donors (Lipinski definition) is 0. The number of carbonyl (C=O) groups is 1. The van der Waals surface area contributed by atoms with Gasteiger partial charge >= 0.3 is 6.18 Å². The molecule has 9 nitrogen and oxygen atoms in total. The summed E-state index contributed by atoms with van der Waals surface area (Å²) in [6.45, 7) is 3.06. The number of fused-ring (bicyclic) bond motifs is 1. The highest BCUT2D eigenvalue weighted by atomic mass is 32.1. The van der Waals surface area contributed by atoms with Gasteiger partial charge in [0.2, 0.25) is 0 Å². The van der Waals surface area contributed by atoms with E-state index < -0.39 is 17.6 Å². The number of methoxy groups -OCH3 is 1. The highest BCUT2D eigenvalue weighted by molar-refractivity contribution is 7.18. The van der Waals surface area contributed by atoms with Crippen molar-refractivity contribution < 1.29 is 22.7 Å². The molecular weight excluding hydrogens is 507 g/mol. The van der Waals surface area contributed by atoms with Crippen molar-refractivity contribution in [3.8, 4) is 5.82 Å². The summed E-state index contributed by atoms with van der Waals surface area (Å²) in [4.78, 5) is 30.1. The summed E-state index contributed by atoms with van der Waals surface area (Å²) in [5.74, 6) is -0.695. The molecule has 1 fully saturated rings. The first-order chi connectivity index (χ1) is 17.7. The largest absolute Gasteiger partial charge is 0.420 e. The molecule has 0 radical (unpaired) electrons. The van der Waals surface area contributed by atoms with Crippen LogP contribution in [-0.2, 0) is 28.5 Å². The lowest BCUT2D eigenvalue weighted by Gasteiger charge is -2.27. The van der Waals surface area contributed by atoms with Crippen LogP contribution >= 0.6 is 11.3 Å². The molecule has 1 saturated carbocycles. The predicted octanol–water partition coefficient (Wildman–Crippen LogP) is 3.96. The third-order valence-electron chi connectivity index (χ3n) is 6.02. The summed E-state index contributed by atoms with van der Waals surface area (Å²) >= 11 is 1.48. The minimum absolute atomic E-state index is 0.00879. The summed E-state index contributed by atoms with van der Waals surface area (Å²) in [5.41, 5.74) is 1.46. The minimum atomic E-state index is -4.69. The van der Waals surface area contributed by atoms with Crippen molar-refractivity contribution in [1.82, 2.24) is 29.9 Å². The topological polar surface area (TPSA) is 98.9 Å². The predicted molar refractivity (Wildman–Crippen MR) is 131 cm³/mol. The number of thiazole rings is 1. The van der Waals surface area contributed by atoms with E-state index in [0.29, 0.717) is 24.8 Å². The fourth-order valence-corrected chi connectivity index (χ4v) is 5.06. The van der Waals surface area contributed by atoms with Gasteiger partial charge in [0.05, 0.1) is 29.7 Å². The summed E-state index contributed by atoms with van der Waals surface area (Å²) < 4.78 is 46.6. The lowest BCUT2D eigenvalue weighted by molar-refractivity contribution is -0.138. The molecule has 5 rings (SSSR count). The number of alkyl halides is 3. The molecule has 4 aromatic rings. The number of nitrogens with zero attached hydrogens (tertiary/aromatic N) is 7. The lowest BCUT2D eigenvalue weighted by Crippen LogP contribution is -2.31. The zero-order valence-electron chi connectivity index (χ0n) is 20.2. The van der Waals surface area contributed by atoms with Crippen LogP contribution in [0.3, 0.4) is 0 Å². The van der Waals surface area contributed by atoms with Crippen LogP contribution in [0.5, 0.6) is 0 Å². The third-order valence-corrected chi connectivity index (χ3v) is 6.90. The van der Waals surface area contributed by atoms with E-state index in [4.69, 9.17) is 4.74 Å². The Hall–Kier alpha value is -3.45. The van der Waals surface area contributed by atoms with Crippen molar-refractivity contribution in [2.45, 2.75) is 44.8 Å². The molecule has 1 aliphatic carbocycles. The summed E-state index contributed by atoms with van der Waals surface area (Å²) in [5, 5.41) is 8.37. The van der Waals surface area contributed by atoms with Gasteiger partial charge in [-0.15, -0.1) is 4.80 Å². The van der Waals surface area contributed by atoms with Crippen molar-refractivity contribution >= 4 is 33.2 Å². The fourth-order valence-electron chi connectivity index (χ4n) is 4.30. The number of anilines is 1.